The molecule has 2 rings (SSSR count). The van der Waals surface area contributed by atoms with Crippen molar-refractivity contribution in [3.63, 3.8) is 0 Å². The predicted octanol–water partition coefficient (Wildman–Crippen LogP) is 3.42. The Hall–Kier alpha value is -0.550. The maximum atomic E-state index is 12.8. The van der Waals surface area contributed by atoms with E-state index in [1.54, 1.807) is 17.8 Å². The van der Waals surface area contributed by atoms with Gasteiger partial charge in [-0.15, -0.1) is 11.8 Å². The third-order valence-corrected chi connectivity index (χ3v) is 4.44. The number of halogens is 2. The molecule has 0 radical (unpaired) electrons. The average molecular weight is 304 g/mol. The molecule has 0 spiro atoms. The van der Waals surface area contributed by atoms with Gasteiger partial charge in [0.1, 0.15) is 5.82 Å². The Bertz CT molecular complexity index is 407. The molecule has 1 unspecified atom stereocenters. The third kappa shape index (κ3) is 2.77. The normalized spacial score (nSPS) is 19.8. The Morgan fingerprint density at radius 2 is 2.38 bits per heavy atom. The highest BCUT2D eigenvalue weighted by atomic mass is 79.9. The second-order valence-electron chi connectivity index (χ2n) is 3.62. The topological polar surface area (TPSA) is 29.1 Å². The van der Waals surface area contributed by atoms with Crippen molar-refractivity contribution >= 4 is 39.3 Å². The van der Waals surface area contributed by atoms with Crippen LogP contribution >= 0.6 is 27.7 Å². The van der Waals surface area contributed by atoms with Gasteiger partial charge in [0.25, 0.3) is 0 Å². The molecular weight excluding hydrogens is 293 g/mol. The molecular formula is C11H11BrFNOS. The van der Waals surface area contributed by atoms with Gasteiger partial charge in [0, 0.05) is 4.47 Å². The predicted molar refractivity (Wildman–Crippen MR) is 68.2 cm³/mol. The number of nitrogens with one attached hydrogen (secondary N) is 1. The van der Waals surface area contributed by atoms with Crippen molar-refractivity contribution in [1.82, 2.24) is 0 Å². The maximum Gasteiger partial charge on any atom is 0.237 e. The Morgan fingerprint density at radius 3 is 3.00 bits per heavy atom. The number of benzene rings is 1. The zero-order valence-corrected chi connectivity index (χ0v) is 10.9. The molecule has 1 aromatic carbocycles. The van der Waals surface area contributed by atoms with Crippen LogP contribution < -0.4 is 5.32 Å². The first-order valence-corrected chi connectivity index (χ1v) is 6.88. The second-order valence-corrected chi connectivity index (χ2v) is 5.78. The smallest absolute Gasteiger partial charge is 0.237 e. The van der Waals surface area contributed by atoms with E-state index in [4.69, 9.17) is 0 Å². The number of carbonyl (C=O) groups excluding carboxylic acids is 1. The van der Waals surface area contributed by atoms with Gasteiger partial charge in [-0.3, -0.25) is 4.79 Å². The van der Waals surface area contributed by atoms with Gasteiger partial charge >= 0.3 is 0 Å². The molecule has 0 aliphatic carbocycles. The van der Waals surface area contributed by atoms with Crippen LogP contribution in [0.5, 0.6) is 0 Å². The first kappa shape index (κ1) is 11.9. The summed E-state index contributed by atoms with van der Waals surface area (Å²) in [7, 11) is 0. The van der Waals surface area contributed by atoms with Gasteiger partial charge in [-0.1, -0.05) is 0 Å². The Labute approximate surface area is 106 Å². The molecule has 1 aromatic rings. The van der Waals surface area contributed by atoms with Gasteiger partial charge in [-0.05, 0) is 52.7 Å². The van der Waals surface area contributed by atoms with Crippen LogP contribution in [0.15, 0.2) is 22.7 Å². The first-order chi connectivity index (χ1) is 7.66. The lowest BCUT2D eigenvalue weighted by Crippen LogP contribution is -2.23. The number of rotatable bonds is 2. The molecule has 1 N–H and O–H groups in total. The first-order valence-electron chi connectivity index (χ1n) is 5.04. The van der Waals surface area contributed by atoms with Crippen LogP contribution in [0.3, 0.4) is 0 Å². The summed E-state index contributed by atoms with van der Waals surface area (Å²) in [5.41, 5.74) is 0.624. The van der Waals surface area contributed by atoms with Crippen molar-refractivity contribution in [2.45, 2.75) is 18.1 Å². The minimum atomic E-state index is -0.319. The Morgan fingerprint density at radius 1 is 1.56 bits per heavy atom. The van der Waals surface area contributed by atoms with E-state index >= 15 is 0 Å². The van der Waals surface area contributed by atoms with E-state index in [9.17, 15) is 9.18 Å². The molecule has 1 aliphatic rings. The van der Waals surface area contributed by atoms with E-state index < -0.39 is 0 Å². The zero-order valence-electron chi connectivity index (χ0n) is 8.50. The number of hydrogen-bond acceptors (Lipinski definition) is 2. The molecule has 1 aliphatic heterocycles. The monoisotopic (exact) mass is 303 g/mol. The standard InChI is InChI=1S/C11H11BrFNOS/c12-8-6-7(13)3-4-9(8)14-11(15)10-2-1-5-16-10/h3-4,6,10H,1-2,5H2,(H,14,15). The van der Waals surface area contributed by atoms with Crippen LogP contribution in [0, 0.1) is 5.82 Å². The van der Waals surface area contributed by atoms with E-state index in [0.717, 1.165) is 18.6 Å². The number of carbonyl (C=O) groups is 1. The van der Waals surface area contributed by atoms with Gasteiger partial charge in [-0.25, -0.2) is 4.39 Å². The lowest BCUT2D eigenvalue weighted by molar-refractivity contribution is -0.115. The maximum absolute atomic E-state index is 12.8. The molecule has 1 fully saturated rings. The van der Waals surface area contributed by atoms with E-state index in [1.807, 2.05) is 0 Å². The van der Waals surface area contributed by atoms with Crippen molar-refractivity contribution in [2.24, 2.45) is 0 Å². The summed E-state index contributed by atoms with van der Waals surface area (Å²) in [5, 5.41) is 2.84. The molecule has 5 heteroatoms. The fourth-order valence-electron chi connectivity index (χ4n) is 1.59. The molecule has 86 valence electrons. The second kappa shape index (κ2) is 5.19. The molecule has 1 amide bonds. The van der Waals surface area contributed by atoms with Crippen molar-refractivity contribution in [3.8, 4) is 0 Å². The van der Waals surface area contributed by atoms with Gasteiger partial charge in [-0.2, -0.15) is 0 Å². The van der Waals surface area contributed by atoms with Crippen molar-refractivity contribution in [1.29, 1.82) is 0 Å². The van der Waals surface area contributed by atoms with Crippen LogP contribution in [0.1, 0.15) is 12.8 Å². The minimum Gasteiger partial charge on any atom is -0.324 e. The van der Waals surface area contributed by atoms with Gasteiger partial charge in [0.15, 0.2) is 0 Å². The minimum absolute atomic E-state index is 0.00908. The molecule has 2 nitrogen and oxygen atoms in total. The van der Waals surface area contributed by atoms with E-state index in [2.05, 4.69) is 21.2 Å². The lowest BCUT2D eigenvalue weighted by atomic mass is 10.2. The van der Waals surface area contributed by atoms with Crippen LogP contribution in [-0.2, 0) is 4.79 Å². The Kier molecular flexibility index (Phi) is 3.86. The number of anilines is 1. The van der Waals surface area contributed by atoms with Gasteiger partial charge in [0.2, 0.25) is 5.91 Å². The largest absolute Gasteiger partial charge is 0.324 e. The molecule has 1 saturated heterocycles. The molecule has 1 heterocycles. The van der Waals surface area contributed by atoms with Crippen molar-refractivity contribution in [3.05, 3.63) is 28.5 Å². The third-order valence-electron chi connectivity index (χ3n) is 2.41. The number of amides is 1. The zero-order chi connectivity index (χ0) is 11.5. The van der Waals surface area contributed by atoms with Crippen LogP contribution in [-0.4, -0.2) is 16.9 Å². The van der Waals surface area contributed by atoms with Crippen LogP contribution in [0.4, 0.5) is 10.1 Å². The summed E-state index contributed by atoms with van der Waals surface area (Å²) in [5.74, 6) is 0.734. The average Bonchev–Trinajstić information content (AvgIpc) is 2.75. The molecule has 0 saturated carbocycles. The SMILES string of the molecule is O=C(Nc1ccc(F)cc1Br)C1CCCS1. The fraction of sp³-hybridized carbons (Fsp3) is 0.364. The number of hydrogen-bond donors (Lipinski definition) is 1. The summed E-state index contributed by atoms with van der Waals surface area (Å²) < 4.78 is 13.4. The summed E-state index contributed by atoms with van der Waals surface area (Å²) >= 11 is 4.90. The summed E-state index contributed by atoms with van der Waals surface area (Å²) in [6, 6.07) is 4.25. The highest BCUT2D eigenvalue weighted by Crippen LogP contribution is 2.29. The highest BCUT2D eigenvalue weighted by molar-refractivity contribution is 9.10. The van der Waals surface area contributed by atoms with Crippen LogP contribution in [0.2, 0.25) is 0 Å². The van der Waals surface area contributed by atoms with E-state index in [1.165, 1.54) is 12.1 Å². The lowest BCUT2D eigenvalue weighted by Gasteiger charge is -2.11. The Balaban J connectivity index is 2.05. The van der Waals surface area contributed by atoms with Crippen molar-refractivity contribution < 1.29 is 9.18 Å². The molecule has 1 atom stereocenters. The van der Waals surface area contributed by atoms with E-state index in [-0.39, 0.29) is 17.0 Å². The summed E-state index contributed by atoms with van der Waals surface area (Å²) in [6.07, 6.45) is 2.02. The quantitative estimate of drug-likeness (QED) is 0.907. The van der Waals surface area contributed by atoms with Crippen molar-refractivity contribution in [2.75, 3.05) is 11.1 Å². The summed E-state index contributed by atoms with van der Waals surface area (Å²) in [6.45, 7) is 0. The van der Waals surface area contributed by atoms with Gasteiger partial charge < -0.3 is 5.32 Å². The van der Waals surface area contributed by atoms with E-state index in [0.29, 0.717) is 10.2 Å². The highest BCUT2D eigenvalue weighted by Gasteiger charge is 2.23. The van der Waals surface area contributed by atoms with Gasteiger partial charge in [0.05, 0.1) is 10.9 Å². The molecule has 0 aromatic heterocycles. The fourth-order valence-corrected chi connectivity index (χ4v) is 3.20. The molecule has 16 heavy (non-hydrogen) atoms. The summed E-state index contributed by atoms with van der Waals surface area (Å²) in [4.78, 5) is 11.8. The molecule has 0 bridgehead atoms. The number of thioether (sulfide) groups is 1. The van der Waals surface area contributed by atoms with Crippen LogP contribution in [0.25, 0.3) is 0 Å².